The first kappa shape index (κ1) is 14.1. The number of morpholine rings is 1. The molecule has 0 N–H and O–H groups in total. The van der Waals surface area contributed by atoms with Crippen LogP contribution in [0.5, 0.6) is 0 Å². The highest BCUT2D eigenvalue weighted by atomic mass is 16.5. The van der Waals surface area contributed by atoms with Crippen LogP contribution in [-0.2, 0) is 4.74 Å². The van der Waals surface area contributed by atoms with Gasteiger partial charge in [-0.25, -0.2) is 14.6 Å². The van der Waals surface area contributed by atoms with Gasteiger partial charge in [0.1, 0.15) is 12.1 Å². The highest BCUT2D eigenvalue weighted by Gasteiger charge is 2.14. The molecule has 6 nitrogen and oxygen atoms in total. The number of anilines is 1. The Morgan fingerprint density at radius 1 is 1.09 bits per heavy atom. The normalized spacial score (nSPS) is 18.1. The van der Waals surface area contributed by atoms with Gasteiger partial charge in [-0.3, -0.25) is 0 Å². The molecule has 6 heteroatoms. The second-order valence-electron chi connectivity index (χ2n) is 5.64. The molecule has 0 radical (unpaired) electrons. The van der Waals surface area contributed by atoms with E-state index in [-0.39, 0.29) is 0 Å². The van der Waals surface area contributed by atoms with Crippen molar-refractivity contribution in [3.8, 4) is 5.82 Å². The molecule has 1 fully saturated rings. The highest BCUT2D eigenvalue weighted by Crippen LogP contribution is 2.23. The summed E-state index contributed by atoms with van der Waals surface area (Å²) in [5.74, 6) is 1.72. The van der Waals surface area contributed by atoms with Crippen LogP contribution in [0.15, 0.2) is 42.9 Å². The Hall–Kier alpha value is -2.47. The van der Waals surface area contributed by atoms with E-state index in [9.17, 15) is 0 Å². The summed E-state index contributed by atoms with van der Waals surface area (Å²) in [5.41, 5.74) is 2.29. The van der Waals surface area contributed by atoms with Gasteiger partial charge in [0.25, 0.3) is 0 Å². The lowest BCUT2D eigenvalue weighted by molar-refractivity contribution is 0.122. The maximum Gasteiger partial charge on any atom is 0.158 e. The second-order valence-corrected chi connectivity index (χ2v) is 5.64. The van der Waals surface area contributed by atoms with Gasteiger partial charge in [0, 0.05) is 25.4 Å². The van der Waals surface area contributed by atoms with Crippen molar-refractivity contribution in [1.82, 2.24) is 19.7 Å². The minimum absolute atomic E-state index is 0.743. The molecule has 0 spiro atoms. The molecule has 23 heavy (non-hydrogen) atoms. The van der Waals surface area contributed by atoms with Gasteiger partial charge in [-0.05, 0) is 24.5 Å². The molecule has 1 aliphatic carbocycles. The third kappa shape index (κ3) is 3.03. The van der Waals surface area contributed by atoms with Gasteiger partial charge in [-0.1, -0.05) is 18.2 Å². The van der Waals surface area contributed by atoms with E-state index in [1.165, 1.54) is 5.57 Å². The Morgan fingerprint density at radius 3 is 2.78 bits per heavy atom. The van der Waals surface area contributed by atoms with E-state index in [4.69, 9.17) is 4.74 Å². The Kier molecular flexibility index (Phi) is 3.90. The number of allylic oxidation sites excluding steroid dienone is 4. The van der Waals surface area contributed by atoms with E-state index in [2.05, 4.69) is 38.2 Å². The fourth-order valence-electron chi connectivity index (χ4n) is 2.87. The van der Waals surface area contributed by atoms with Gasteiger partial charge < -0.3 is 9.64 Å². The van der Waals surface area contributed by atoms with Crippen molar-refractivity contribution >= 4 is 11.4 Å². The predicted molar refractivity (Wildman–Crippen MR) is 88.5 cm³/mol. The van der Waals surface area contributed by atoms with Gasteiger partial charge in [-0.15, -0.1) is 0 Å². The van der Waals surface area contributed by atoms with Crippen LogP contribution in [0.2, 0.25) is 0 Å². The number of hydrogen-bond acceptors (Lipinski definition) is 5. The molecule has 0 amide bonds. The quantitative estimate of drug-likeness (QED) is 0.870. The van der Waals surface area contributed by atoms with Crippen molar-refractivity contribution in [2.45, 2.75) is 12.8 Å². The third-order valence-corrected chi connectivity index (χ3v) is 4.14. The van der Waals surface area contributed by atoms with Crippen LogP contribution in [0.25, 0.3) is 11.4 Å². The summed E-state index contributed by atoms with van der Waals surface area (Å²) in [6, 6.07) is 4.03. The molecule has 118 valence electrons. The minimum Gasteiger partial charge on any atom is -0.378 e. The van der Waals surface area contributed by atoms with Crippen LogP contribution in [0.4, 0.5) is 5.82 Å². The van der Waals surface area contributed by atoms with Gasteiger partial charge >= 0.3 is 0 Å². The lowest BCUT2D eigenvalue weighted by Gasteiger charge is -2.27. The molecule has 2 aromatic rings. The smallest absolute Gasteiger partial charge is 0.158 e. The lowest BCUT2D eigenvalue weighted by atomic mass is 10.0. The van der Waals surface area contributed by atoms with Gasteiger partial charge in [0.2, 0.25) is 0 Å². The zero-order valence-electron chi connectivity index (χ0n) is 12.9. The Morgan fingerprint density at radius 2 is 1.96 bits per heavy atom. The van der Waals surface area contributed by atoms with Crippen molar-refractivity contribution in [3.63, 3.8) is 0 Å². The van der Waals surface area contributed by atoms with Crippen molar-refractivity contribution in [2.24, 2.45) is 0 Å². The average molecular weight is 309 g/mol. The third-order valence-electron chi connectivity index (χ3n) is 4.14. The van der Waals surface area contributed by atoms with Crippen molar-refractivity contribution < 1.29 is 4.74 Å². The molecule has 4 rings (SSSR count). The van der Waals surface area contributed by atoms with Crippen LogP contribution in [-0.4, -0.2) is 46.1 Å². The van der Waals surface area contributed by atoms with E-state index in [1.54, 1.807) is 6.33 Å². The first-order valence-electron chi connectivity index (χ1n) is 7.97. The fourth-order valence-corrected chi connectivity index (χ4v) is 2.87. The van der Waals surface area contributed by atoms with Crippen molar-refractivity contribution in [1.29, 1.82) is 0 Å². The first-order valence-corrected chi connectivity index (χ1v) is 7.97. The molecule has 0 aromatic carbocycles. The van der Waals surface area contributed by atoms with Crippen LogP contribution >= 0.6 is 0 Å². The summed E-state index contributed by atoms with van der Waals surface area (Å²) in [6.45, 7) is 3.21. The van der Waals surface area contributed by atoms with Crippen LogP contribution in [0.1, 0.15) is 18.5 Å². The molecule has 2 aliphatic rings. The number of hydrogen-bond donors (Lipinski definition) is 0. The monoisotopic (exact) mass is 309 g/mol. The van der Waals surface area contributed by atoms with E-state index in [0.29, 0.717) is 0 Å². The average Bonchev–Trinajstić information content (AvgIpc) is 3.14. The molecular formula is C17H19N5O. The Balaban J connectivity index is 1.59. The molecule has 0 saturated carbocycles. The van der Waals surface area contributed by atoms with Crippen molar-refractivity contribution in [3.05, 3.63) is 48.6 Å². The predicted octanol–water partition coefficient (Wildman–Crippen LogP) is 2.23. The van der Waals surface area contributed by atoms with E-state index in [1.807, 2.05) is 23.0 Å². The maximum absolute atomic E-state index is 5.39. The van der Waals surface area contributed by atoms with Crippen LogP contribution in [0, 0.1) is 0 Å². The minimum atomic E-state index is 0.743. The molecule has 1 saturated heterocycles. The number of ether oxygens (including phenoxy) is 1. The number of aromatic nitrogens is 4. The SMILES string of the molecule is C1=CCCC(c2ccn(-c3cc(N4CCOCC4)ncn3)n2)=C1. The summed E-state index contributed by atoms with van der Waals surface area (Å²) in [5, 5.41) is 4.67. The zero-order chi connectivity index (χ0) is 15.5. The van der Waals surface area contributed by atoms with Crippen LogP contribution in [0.3, 0.4) is 0 Å². The van der Waals surface area contributed by atoms with E-state index >= 15 is 0 Å². The molecule has 0 unspecified atom stereocenters. The van der Waals surface area contributed by atoms with E-state index in [0.717, 1.165) is 56.5 Å². The summed E-state index contributed by atoms with van der Waals surface area (Å²) in [7, 11) is 0. The summed E-state index contributed by atoms with van der Waals surface area (Å²) >= 11 is 0. The highest BCUT2D eigenvalue weighted by molar-refractivity contribution is 5.65. The molecular weight excluding hydrogens is 290 g/mol. The summed E-state index contributed by atoms with van der Waals surface area (Å²) in [6.07, 6.45) is 12.1. The fraction of sp³-hybridized carbons (Fsp3) is 0.353. The number of rotatable bonds is 3. The summed E-state index contributed by atoms with van der Waals surface area (Å²) < 4.78 is 7.21. The van der Waals surface area contributed by atoms with Gasteiger partial charge in [-0.2, -0.15) is 5.10 Å². The standard InChI is InChI=1S/C17H19N5O/c1-2-4-14(5-3-1)15-6-7-22(20-15)17-12-16(18-13-19-17)21-8-10-23-11-9-21/h1-2,4,6-7,12-13H,3,5,8-11H2. The maximum atomic E-state index is 5.39. The first-order chi connectivity index (χ1) is 11.4. The number of nitrogens with zero attached hydrogens (tertiary/aromatic N) is 5. The largest absolute Gasteiger partial charge is 0.378 e. The van der Waals surface area contributed by atoms with Crippen LogP contribution < -0.4 is 4.90 Å². The van der Waals surface area contributed by atoms with Gasteiger partial charge in [0.05, 0.1) is 18.9 Å². The topological polar surface area (TPSA) is 56.1 Å². The summed E-state index contributed by atoms with van der Waals surface area (Å²) in [4.78, 5) is 11.0. The molecule has 0 bridgehead atoms. The molecule has 3 heterocycles. The van der Waals surface area contributed by atoms with Crippen molar-refractivity contribution in [2.75, 3.05) is 31.2 Å². The Bertz CT molecular complexity index is 743. The lowest BCUT2D eigenvalue weighted by Crippen LogP contribution is -2.36. The molecule has 0 atom stereocenters. The zero-order valence-corrected chi connectivity index (χ0v) is 12.9. The molecule has 1 aliphatic heterocycles. The Labute approximate surface area is 135 Å². The van der Waals surface area contributed by atoms with Gasteiger partial charge in [0.15, 0.2) is 5.82 Å². The van der Waals surface area contributed by atoms with E-state index < -0.39 is 0 Å². The second kappa shape index (κ2) is 6.34. The molecule has 2 aromatic heterocycles.